The molecule has 28 heavy (non-hydrogen) atoms. The summed E-state index contributed by atoms with van der Waals surface area (Å²) in [5.41, 5.74) is 7.29. The van der Waals surface area contributed by atoms with Crippen molar-refractivity contribution in [2.24, 2.45) is 0 Å². The lowest BCUT2D eigenvalue weighted by molar-refractivity contribution is 0.452. The van der Waals surface area contributed by atoms with Crippen molar-refractivity contribution in [2.75, 3.05) is 0 Å². The van der Waals surface area contributed by atoms with Gasteiger partial charge in [0.05, 0.1) is 0 Å². The van der Waals surface area contributed by atoms with E-state index in [9.17, 15) is 10.2 Å². The monoisotopic (exact) mass is 380 g/mol. The van der Waals surface area contributed by atoms with E-state index in [2.05, 4.69) is 58.0 Å². The number of unbranched alkanes of at least 4 members (excludes halogenated alkanes) is 1. The zero-order valence-corrected chi connectivity index (χ0v) is 18.4. The Balaban J connectivity index is 2.83. The molecule has 0 aliphatic rings. The quantitative estimate of drug-likeness (QED) is 0.479. The molecule has 0 aliphatic carbocycles. The minimum atomic E-state index is -0.132. The van der Waals surface area contributed by atoms with Gasteiger partial charge in [-0.2, -0.15) is 0 Å². The summed E-state index contributed by atoms with van der Waals surface area (Å²) < 4.78 is 0. The number of aromatic hydroxyl groups is 2. The first kappa shape index (κ1) is 22.1. The second-order valence-corrected chi connectivity index (χ2v) is 7.76. The largest absolute Gasteiger partial charge is 0.507 e. The first-order chi connectivity index (χ1) is 13.4. The third-order valence-corrected chi connectivity index (χ3v) is 5.69. The molecule has 0 aliphatic heterocycles. The van der Waals surface area contributed by atoms with E-state index < -0.39 is 0 Å². The minimum Gasteiger partial charge on any atom is -0.507 e. The van der Waals surface area contributed by atoms with Crippen molar-refractivity contribution in [2.45, 2.75) is 79.6 Å². The van der Waals surface area contributed by atoms with Crippen LogP contribution in [0.25, 0.3) is 0 Å². The van der Waals surface area contributed by atoms with Crippen LogP contribution in [-0.4, -0.2) is 10.2 Å². The summed E-state index contributed by atoms with van der Waals surface area (Å²) >= 11 is 0. The molecule has 152 valence electrons. The van der Waals surface area contributed by atoms with Crippen LogP contribution in [0, 0.1) is 13.8 Å². The van der Waals surface area contributed by atoms with Crippen LogP contribution in [0.15, 0.2) is 35.9 Å². The van der Waals surface area contributed by atoms with Crippen molar-refractivity contribution in [3.8, 4) is 11.5 Å². The maximum atomic E-state index is 11.0. The van der Waals surface area contributed by atoms with Gasteiger partial charge in [0.2, 0.25) is 0 Å². The van der Waals surface area contributed by atoms with Crippen LogP contribution in [0.2, 0.25) is 0 Å². The van der Waals surface area contributed by atoms with E-state index in [0.717, 1.165) is 54.4 Å². The van der Waals surface area contributed by atoms with Crippen LogP contribution in [0.3, 0.4) is 0 Å². The number of aryl methyl sites for hydroxylation is 4. The van der Waals surface area contributed by atoms with Crippen LogP contribution in [-0.2, 0) is 12.8 Å². The summed E-state index contributed by atoms with van der Waals surface area (Å²) in [4.78, 5) is 0. The van der Waals surface area contributed by atoms with Gasteiger partial charge in [-0.15, -0.1) is 0 Å². The van der Waals surface area contributed by atoms with E-state index in [1.807, 2.05) is 13.8 Å². The highest BCUT2D eigenvalue weighted by Crippen LogP contribution is 2.44. The molecule has 0 bridgehead atoms. The summed E-state index contributed by atoms with van der Waals surface area (Å²) in [6, 6.07) is 8.36. The van der Waals surface area contributed by atoms with Crippen molar-refractivity contribution in [3.63, 3.8) is 0 Å². The van der Waals surface area contributed by atoms with Gasteiger partial charge < -0.3 is 10.2 Å². The maximum Gasteiger partial charge on any atom is 0.122 e. The molecule has 2 N–H and O–H groups in total. The Morgan fingerprint density at radius 1 is 0.821 bits per heavy atom. The predicted octanol–water partition coefficient (Wildman–Crippen LogP) is 7.11. The summed E-state index contributed by atoms with van der Waals surface area (Å²) in [5.74, 6) is 0.556. The van der Waals surface area contributed by atoms with E-state index in [4.69, 9.17) is 0 Å². The Kier molecular flexibility index (Phi) is 7.74. The molecule has 0 aromatic heterocycles. The number of phenolic OH excluding ortho intramolecular Hbond substituents is 2. The molecule has 0 unspecified atom stereocenters. The summed E-state index contributed by atoms with van der Waals surface area (Å²) in [6.07, 6.45) is 7.10. The average molecular weight is 381 g/mol. The van der Waals surface area contributed by atoms with Gasteiger partial charge in [-0.25, -0.2) is 0 Å². The van der Waals surface area contributed by atoms with Crippen molar-refractivity contribution in [3.05, 3.63) is 69.3 Å². The van der Waals surface area contributed by atoms with Gasteiger partial charge in [0.1, 0.15) is 11.5 Å². The van der Waals surface area contributed by atoms with Gasteiger partial charge in [0.15, 0.2) is 0 Å². The number of benzene rings is 2. The van der Waals surface area contributed by atoms with Crippen molar-refractivity contribution >= 4 is 0 Å². The molecule has 0 radical (unpaired) electrons. The van der Waals surface area contributed by atoms with Crippen LogP contribution >= 0.6 is 0 Å². The highest BCUT2D eigenvalue weighted by Gasteiger charge is 2.26. The van der Waals surface area contributed by atoms with E-state index >= 15 is 0 Å². The van der Waals surface area contributed by atoms with Gasteiger partial charge >= 0.3 is 0 Å². The Bertz CT molecular complexity index is 786. The van der Waals surface area contributed by atoms with Crippen LogP contribution in [0.5, 0.6) is 11.5 Å². The number of hydrogen-bond acceptors (Lipinski definition) is 2. The molecule has 0 saturated carbocycles. The number of rotatable bonds is 8. The Hall–Kier alpha value is -2.22. The van der Waals surface area contributed by atoms with E-state index in [1.54, 1.807) is 0 Å². The molecule has 0 amide bonds. The van der Waals surface area contributed by atoms with Gasteiger partial charge in [-0.3, -0.25) is 0 Å². The lowest BCUT2D eigenvalue weighted by atomic mass is 9.79. The van der Waals surface area contributed by atoms with Crippen LogP contribution < -0.4 is 0 Å². The zero-order chi connectivity index (χ0) is 20.8. The highest BCUT2D eigenvalue weighted by molar-refractivity contribution is 5.57. The minimum absolute atomic E-state index is 0.132. The Morgan fingerprint density at radius 3 is 1.64 bits per heavy atom. The molecule has 0 heterocycles. The third-order valence-electron chi connectivity index (χ3n) is 5.69. The van der Waals surface area contributed by atoms with Gasteiger partial charge in [-0.1, -0.05) is 70.0 Å². The summed E-state index contributed by atoms with van der Waals surface area (Å²) in [6.45, 7) is 12.5. The number of allylic oxidation sites excluding steroid dienone is 2. The second kappa shape index (κ2) is 9.82. The van der Waals surface area contributed by atoms with Crippen LogP contribution in [0.1, 0.15) is 86.3 Å². The molecule has 2 aromatic rings. The van der Waals surface area contributed by atoms with Gasteiger partial charge in [0, 0.05) is 17.0 Å². The molecule has 2 nitrogen and oxygen atoms in total. The smallest absolute Gasteiger partial charge is 0.122 e. The van der Waals surface area contributed by atoms with E-state index in [1.165, 1.54) is 16.7 Å². The molecule has 0 atom stereocenters. The Labute approximate surface area is 170 Å². The maximum absolute atomic E-state index is 11.0. The fraction of sp³-hybridized carbons (Fsp3) is 0.462. The molecule has 2 heteroatoms. The second-order valence-electron chi connectivity index (χ2n) is 7.76. The molecular formula is C26H36O2. The topological polar surface area (TPSA) is 40.5 Å². The first-order valence-electron chi connectivity index (χ1n) is 10.7. The van der Waals surface area contributed by atoms with Gasteiger partial charge in [0.25, 0.3) is 0 Å². The lowest BCUT2D eigenvalue weighted by Crippen LogP contribution is -2.08. The molecule has 2 aromatic carbocycles. The SMILES string of the molecule is CCC/C=C(/CC)C(c1cc(CC)cc(C)c1O)c1cc(CC)cc(C)c1O. The predicted molar refractivity (Wildman–Crippen MR) is 120 cm³/mol. The highest BCUT2D eigenvalue weighted by atomic mass is 16.3. The standard InChI is InChI=1S/C26H36O2/c1-7-11-12-21(10-4)24(22-15-19(8-2)13-17(5)25(22)27)23-16-20(9-3)14-18(6)26(23)28/h12-16,24,27-28H,7-11H2,1-6H3/b21-12-. The molecular weight excluding hydrogens is 344 g/mol. The molecule has 0 fully saturated rings. The Morgan fingerprint density at radius 2 is 1.29 bits per heavy atom. The zero-order valence-electron chi connectivity index (χ0n) is 18.4. The normalized spacial score (nSPS) is 12.0. The third kappa shape index (κ3) is 4.60. The van der Waals surface area contributed by atoms with Crippen molar-refractivity contribution < 1.29 is 10.2 Å². The fourth-order valence-corrected chi connectivity index (χ4v) is 3.98. The van der Waals surface area contributed by atoms with Gasteiger partial charge in [-0.05, 0) is 61.8 Å². The number of phenols is 2. The van der Waals surface area contributed by atoms with E-state index in [-0.39, 0.29) is 5.92 Å². The first-order valence-corrected chi connectivity index (χ1v) is 10.7. The summed E-state index contributed by atoms with van der Waals surface area (Å²) in [5, 5.41) is 22.0. The number of hydrogen-bond donors (Lipinski definition) is 2. The molecule has 2 rings (SSSR count). The molecule has 0 saturated heterocycles. The molecule has 0 spiro atoms. The lowest BCUT2D eigenvalue weighted by Gasteiger charge is -2.26. The van der Waals surface area contributed by atoms with Crippen molar-refractivity contribution in [1.29, 1.82) is 0 Å². The van der Waals surface area contributed by atoms with Crippen molar-refractivity contribution in [1.82, 2.24) is 0 Å². The van der Waals surface area contributed by atoms with Crippen LogP contribution in [0.4, 0.5) is 0 Å². The fourth-order valence-electron chi connectivity index (χ4n) is 3.98. The van der Waals surface area contributed by atoms with E-state index in [0.29, 0.717) is 11.5 Å². The average Bonchev–Trinajstić information content (AvgIpc) is 2.70. The summed E-state index contributed by atoms with van der Waals surface area (Å²) in [7, 11) is 0.